The lowest BCUT2D eigenvalue weighted by molar-refractivity contribution is 0.0600. The van der Waals surface area contributed by atoms with E-state index in [1.165, 1.54) is 23.7 Å². The molecule has 3 heterocycles. The molecule has 0 amide bonds. The highest BCUT2D eigenvalue weighted by molar-refractivity contribution is 7.89. The van der Waals surface area contributed by atoms with E-state index in [0.717, 1.165) is 5.56 Å². The topological polar surface area (TPSA) is 120 Å². The van der Waals surface area contributed by atoms with Gasteiger partial charge in [-0.05, 0) is 23.8 Å². The van der Waals surface area contributed by atoms with Gasteiger partial charge in [0.25, 0.3) is 0 Å². The summed E-state index contributed by atoms with van der Waals surface area (Å²) in [4.78, 5) is 20.4. The van der Waals surface area contributed by atoms with Crippen LogP contribution in [0.3, 0.4) is 0 Å². The van der Waals surface area contributed by atoms with Crippen molar-refractivity contribution in [1.82, 2.24) is 14.3 Å². The largest absolute Gasteiger partial charge is 0.465 e. The first-order chi connectivity index (χ1) is 16.5. The van der Waals surface area contributed by atoms with Crippen molar-refractivity contribution in [2.75, 3.05) is 38.7 Å². The molecule has 1 saturated heterocycles. The average molecular weight is 485 g/mol. The Hall–Kier alpha value is -3.54. The molecule has 0 aliphatic carbocycles. The molecule has 1 aromatic carbocycles. The first kappa shape index (κ1) is 23.6. The standard InChI is InChI=1S/C23H24N4O6S/c1-31-23(28)18-13-20(34(29,30)27-9-11-32-12-10-27)22(26-16-18)25-15-17-7-8-21(24-14-17)33-19-5-3-2-4-6-19/h2-8,13-14,16H,9-12,15H2,1H3,(H,25,26). The van der Waals surface area contributed by atoms with E-state index >= 15 is 0 Å². The number of ether oxygens (including phenoxy) is 3. The molecule has 2 aromatic heterocycles. The van der Waals surface area contributed by atoms with E-state index < -0.39 is 16.0 Å². The van der Waals surface area contributed by atoms with E-state index in [2.05, 4.69) is 15.3 Å². The molecule has 1 aliphatic heterocycles. The third kappa shape index (κ3) is 5.50. The summed E-state index contributed by atoms with van der Waals surface area (Å²) in [7, 11) is -2.69. The predicted octanol–water partition coefficient (Wildman–Crippen LogP) is 2.69. The van der Waals surface area contributed by atoms with Crippen LogP contribution in [-0.4, -0.2) is 62.1 Å². The van der Waals surface area contributed by atoms with Gasteiger partial charge in [0.05, 0.1) is 25.9 Å². The van der Waals surface area contributed by atoms with Gasteiger partial charge in [-0.25, -0.2) is 23.2 Å². The van der Waals surface area contributed by atoms with Crippen molar-refractivity contribution in [3.05, 3.63) is 72.1 Å². The number of aromatic nitrogens is 2. The summed E-state index contributed by atoms with van der Waals surface area (Å²) >= 11 is 0. The molecule has 11 heteroatoms. The lowest BCUT2D eigenvalue weighted by Gasteiger charge is -2.27. The molecule has 0 atom stereocenters. The first-order valence-electron chi connectivity index (χ1n) is 10.6. The van der Waals surface area contributed by atoms with Gasteiger partial charge < -0.3 is 19.5 Å². The van der Waals surface area contributed by atoms with Crippen LogP contribution in [-0.2, 0) is 26.0 Å². The Bertz CT molecular complexity index is 1230. The van der Waals surface area contributed by atoms with E-state index in [4.69, 9.17) is 14.2 Å². The van der Waals surface area contributed by atoms with Gasteiger partial charge in [-0.15, -0.1) is 0 Å². The zero-order valence-electron chi connectivity index (χ0n) is 18.5. The van der Waals surface area contributed by atoms with Crippen molar-refractivity contribution >= 4 is 21.8 Å². The predicted molar refractivity (Wildman–Crippen MR) is 123 cm³/mol. The Morgan fingerprint density at radius 1 is 1.09 bits per heavy atom. The molecular formula is C23H24N4O6S. The van der Waals surface area contributed by atoms with Crippen molar-refractivity contribution in [2.24, 2.45) is 0 Å². The fraction of sp³-hybridized carbons (Fsp3) is 0.261. The highest BCUT2D eigenvalue weighted by atomic mass is 32.2. The lowest BCUT2D eigenvalue weighted by atomic mass is 10.2. The summed E-state index contributed by atoms with van der Waals surface area (Å²) in [5.41, 5.74) is 0.831. The Labute approximate surface area is 197 Å². The number of nitrogens with zero attached hydrogens (tertiary/aromatic N) is 3. The highest BCUT2D eigenvalue weighted by Gasteiger charge is 2.30. The minimum Gasteiger partial charge on any atom is -0.465 e. The zero-order chi connectivity index (χ0) is 24.0. The number of carbonyl (C=O) groups excluding carboxylic acids is 1. The van der Waals surface area contributed by atoms with Crippen LogP contribution in [0.4, 0.5) is 5.82 Å². The van der Waals surface area contributed by atoms with Gasteiger partial charge in [0.15, 0.2) is 0 Å². The number of hydrogen-bond acceptors (Lipinski definition) is 9. The molecule has 3 aromatic rings. The highest BCUT2D eigenvalue weighted by Crippen LogP contribution is 2.26. The molecule has 10 nitrogen and oxygen atoms in total. The Kier molecular flexibility index (Phi) is 7.36. The maximum atomic E-state index is 13.3. The number of hydrogen-bond donors (Lipinski definition) is 1. The number of rotatable bonds is 8. The summed E-state index contributed by atoms with van der Waals surface area (Å²) < 4.78 is 43.6. The van der Waals surface area contributed by atoms with Crippen LogP contribution in [0.5, 0.6) is 11.6 Å². The fourth-order valence-corrected chi connectivity index (χ4v) is 4.85. The van der Waals surface area contributed by atoms with Gasteiger partial charge in [-0.1, -0.05) is 24.3 Å². The van der Waals surface area contributed by atoms with Gasteiger partial charge in [-0.2, -0.15) is 4.31 Å². The molecule has 178 valence electrons. The van der Waals surface area contributed by atoms with E-state index in [1.54, 1.807) is 12.3 Å². The molecule has 1 fully saturated rings. The van der Waals surface area contributed by atoms with Gasteiger partial charge in [-0.3, -0.25) is 0 Å². The first-order valence-corrected chi connectivity index (χ1v) is 12.0. The second kappa shape index (κ2) is 10.6. The molecule has 0 saturated carbocycles. The number of benzene rings is 1. The second-order valence-corrected chi connectivity index (χ2v) is 9.26. The number of carbonyl (C=O) groups is 1. The van der Waals surface area contributed by atoms with Crippen LogP contribution in [0.1, 0.15) is 15.9 Å². The number of morpholine rings is 1. The van der Waals surface area contributed by atoms with Gasteiger partial charge >= 0.3 is 5.97 Å². The third-order valence-corrected chi connectivity index (χ3v) is 7.00. The summed E-state index contributed by atoms with van der Waals surface area (Å²) in [5, 5.41) is 3.05. The van der Waals surface area contributed by atoms with Gasteiger partial charge in [0.2, 0.25) is 15.9 Å². The van der Waals surface area contributed by atoms with Crippen molar-refractivity contribution in [2.45, 2.75) is 11.4 Å². The monoisotopic (exact) mass is 484 g/mol. The molecule has 1 aliphatic rings. The number of methoxy groups -OCH3 is 1. The lowest BCUT2D eigenvalue weighted by Crippen LogP contribution is -2.41. The summed E-state index contributed by atoms with van der Waals surface area (Å²) in [6.07, 6.45) is 2.91. The van der Waals surface area contributed by atoms with Crippen LogP contribution < -0.4 is 10.1 Å². The maximum Gasteiger partial charge on any atom is 0.339 e. The Morgan fingerprint density at radius 2 is 1.85 bits per heavy atom. The molecule has 0 spiro atoms. The van der Waals surface area contributed by atoms with E-state index in [0.29, 0.717) is 24.8 Å². The quantitative estimate of drug-likeness (QED) is 0.481. The van der Waals surface area contributed by atoms with Crippen molar-refractivity contribution in [3.8, 4) is 11.6 Å². The van der Waals surface area contributed by atoms with E-state index in [1.807, 2.05) is 36.4 Å². The Morgan fingerprint density at radius 3 is 2.53 bits per heavy atom. The normalized spacial score (nSPS) is 14.4. The molecule has 34 heavy (non-hydrogen) atoms. The summed E-state index contributed by atoms with van der Waals surface area (Å²) in [6, 6.07) is 14.1. The number of anilines is 1. The van der Waals surface area contributed by atoms with Crippen LogP contribution in [0.15, 0.2) is 65.8 Å². The van der Waals surface area contributed by atoms with Crippen LogP contribution >= 0.6 is 0 Å². The molecule has 0 unspecified atom stereocenters. The van der Waals surface area contributed by atoms with Crippen molar-refractivity contribution < 1.29 is 27.4 Å². The summed E-state index contributed by atoms with van der Waals surface area (Å²) in [6.45, 7) is 1.30. The number of para-hydroxylation sites is 1. The fourth-order valence-electron chi connectivity index (χ4n) is 3.30. The second-order valence-electron chi connectivity index (χ2n) is 7.35. The number of nitrogens with one attached hydrogen (secondary N) is 1. The summed E-state index contributed by atoms with van der Waals surface area (Å²) in [5.74, 6) is 0.569. The van der Waals surface area contributed by atoms with Crippen LogP contribution in [0, 0.1) is 0 Å². The molecule has 0 bridgehead atoms. The molecular weight excluding hydrogens is 460 g/mol. The average Bonchev–Trinajstić information content (AvgIpc) is 2.89. The number of sulfonamides is 1. The minimum absolute atomic E-state index is 0.0453. The van der Waals surface area contributed by atoms with Gasteiger partial charge in [0.1, 0.15) is 16.5 Å². The van der Waals surface area contributed by atoms with E-state index in [9.17, 15) is 13.2 Å². The molecule has 1 N–H and O–H groups in total. The van der Waals surface area contributed by atoms with Crippen LogP contribution in [0.25, 0.3) is 0 Å². The minimum atomic E-state index is -3.92. The number of pyridine rings is 2. The third-order valence-electron chi connectivity index (χ3n) is 5.08. The van der Waals surface area contributed by atoms with Gasteiger partial charge in [0, 0.05) is 38.1 Å². The molecule has 4 rings (SSSR count). The zero-order valence-corrected chi connectivity index (χ0v) is 19.3. The smallest absolute Gasteiger partial charge is 0.339 e. The van der Waals surface area contributed by atoms with Crippen molar-refractivity contribution in [1.29, 1.82) is 0 Å². The molecule has 0 radical (unpaired) electrons. The van der Waals surface area contributed by atoms with Crippen molar-refractivity contribution in [3.63, 3.8) is 0 Å². The number of esters is 1. The Balaban J connectivity index is 1.53. The van der Waals surface area contributed by atoms with Crippen LogP contribution in [0.2, 0.25) is 0 Å². The maximum absolute atomic E-state index is 13.3. The van der Waals surface area contributed by atoms with E-state index in [-0.39, 0.29) is 35.9 Å². The SMILES string of the molecule is COC(=O)c1cnc(NCc2ccc(Oc3ccccc3)nc2)c(S(=O)(=O)N2CCOCC2)c1.